The summed E-state index contributed by atoms with van der Waals surface area (Å²) in [4.78, 5) is 25.8. The van der Waals surface area contributed by atoms with E-state index >= 15 is 4.39 Å². The number of nitrogens with one attached hydrogen (secondary N) is 1. The van der Waals surface area contributed by atoms with E-state index in [4.69, 9.17) is 40.4 Å². The number of hydrogen-bond donors (Lipinski definition) is 3. The number of H-pyrrole nitrogens is 1. The van der Waals surface area contributed by atoms with Gasteiger partial charge in [0.25, 0.3) is 5.56 Å². The van der Waals surface area contributed by atoms with Crippen molar-refractivity contribution in [1.82, 2.24) is 9.55 Å². The minimum Gasteiger partial charge on any atom is -0.367 e. The summed E-state index contributed by atoms with van der Waals surface area (Å²) in [5, 5.41) is 10.7. The van der Waals surface area contributed by atoms with Crippen molar-refractivity contribution < 1.29 is 37.1 Å². The summed E-state index contributed by atoms with van der Waals surface area (Å²) in [5.41, 5.74) is 2.30. The van der Waals surface area contributed by atoms with E-state index in [1.165, 1.54) is 6.92 Å². The number of aliphatic hydroxyl groups is 1. The second-order valence-electron chi connectivity index (χ2n) is 9.02. The standard InChI is InChI=1S/C22H28ClFN3O9P/c1-12(25)19(29)35-18-16(34-20(22(18,2)24)27-8-6-17(28)26-21(27)30)11-33-37(31)32-9-7-15(36-37)13-4-3-5-14(23)10-13/h3-6,8,10,12,15-16,18-20,29H,7,9,11,25H2,1-2H3,(H,26,28,30)/t12-,15-,16+,18+,19?,20+,22+,37+/m0/s1. The van der Waals surface area contributed by atoms with Gasteiger partial charge < -0.3 is 20.3 Å². The van der Waals surface area contributed by atoms with Crippen LogP contribution in [-0.4, -0.2) is 58.1 Å². The van der Waals surface area contributed by atoms with Crippen molar-refractivity contribution in [3.8, 4) is 0 Å². The smallest absolute Gasteiger partial charge is 0.367 e. The number of aromatic nitrogens is 2. The molecule has 2 saturated heterocycles. The average molecular weight is 564 g/mol. The third-order valence-corrected chi connectivity index (χ3v) is 7.74. The van der Waals surface area contributed by atoms with Gasteiger partial charge in [0.05, 0.1) is 25.4 Å². The summed E-state index contributed by atoms with van der Waals surface area (Å²) in [5.74, 6) is 0. The highest BCUT2D eigenvalue weighted by molar-refractivity contribution is 7.48. The Morgan fingerprint density at radius 1 is 1.41 bits per heavy atom. The molecule has 0 saturated carbocycles. The molecule has 12 nitrogen and oxygen atoms in total. The Balaban J connectivity index is 1.55. The number of hydrogen-bond acceptors (Lipinski definition) is 10. The maximum Gasteiger partial charge on any atom is 0.475 e. The van der Waals surface area contributed by atoms with Crippen LogP contribution >= 0.6 is 19.4 Å². The van der Waals surface area contributed by atoms with Crippen LogP contribution in [0.3, 0.4) is 0 Å². The zero-order valence-corrected chi connectivity index (χ0v) is 21.6. The van der Waals surface area contributed by atoms with Crippen LogP contribution in [0, 0.1) is 0 Å². The first kappa shape index (κ1) is 28.1. The van der Waals surface area contributed by atoms with Crippen LogP contribution in [0.5, 0.6) is 0 Å². The first-order valence-corrected chi connectivity index (χ1v) is 13.3. The van der Waals surface area contributed by atoms with Crippen molar-refractivity contribution in [2.45, 2.75) is 62.8 Å². The van der Waals surface area contributed by atoms with Crippen molar-refractivity contribution in [1.29, 1.82) is 0 Å². The molecule has 4 N–H and O–H groups in total. The minimum absolute atomic E-state index is 0.0551. The normalized spacial score (nSPS) is 33.8. The fourth-order valence-electron chi connectivity index (χ4n) is 4.12. The highest BCUT2D eigenvalue weighted by Gasteiger charge is 2.58. The molecule has 0 radical (unpaired) electrons. The molecule has 8 atom stereocenters. The summed E-state index contributed by atoms with van der Waals surface area (Å²) >= 11 is 6.05. The molecule has 3 heterocycles. The summed E-state index contributed by atoms with van der Waals surface area (Å²) in [6.07, 6.45) is -5.19. The number of rotatable bonds is 8. The van der Waals surface area contributed by atoms with E-state index in [9.17, 15) is 19.3 Å². The van der Waals surface area contributed by atoms with Gasteiger partial charge in [-0.05, 0) is 31.5 Å². The zero-order valence-electron chi connectivity index (χ0n) is 20.0. The van der Waals surface area contributed by atoms with E-state index in [1.807, 2.05) is 4.98 Å². The van der Waals surface area contributed by atoms with E-state index in [-0.39, 0.29) is 6.61 Å². The first-order chi connectivity index (χ1) is 17.4. The lowest BCUT2D eigenvalue weighted by Gasteiger charge is -2.32. The molecule has 37 heavy (non-hydrogen) atoms. The number of aromatic amines is 1. The predicted molar refractivity (Wildman–Crippen MR) is 129 cm³/mol. The second-order valence-corrected chi connectivity index (χ2v) is 11.1. The molecular weight excluding hydrogens is 536 g/mol. The van der Waals surface area contributed by atoms with Gasteiger partial charge in [0, 0.05) is 23.7 Å². The van der Waals surface area contributed by atoms with Crippen LogP contribution in [0.15, 0.2) is 46.1 Å². The van der Waals surface area contributed by atoms with Crippen LogP contribution in [0.4, 0.5) is 4.39 Å². The van der Waals surface area contributed by atoms with Gasteiger partial charge in [-0.25, -0.2) is 13.8 Å². The molecule has 1 aromatic heterocycles. The third kappa shape index (κ3) is 6.22. The quantitative estimate of drug-likeness (QED) is 0.320. The molecule has 204 valence electrons. The van der Waals surface area contributed by atoms with Crippen LogP contribution in [0.25, 0.3) is 0 Å². The van der Waals surface area contributed by atoms with E-state index in [1.54, 1.807) is 24.3 Å². The highest BCUT2D eigenvalue weighted by Crippen LogP contribution is 2.57. The predicted octanol–water partition coefficient (Wildman–Crippen LogP) is 2.17. The van der Waals surface area contributed by atoms with Gasteiger partial charge in [-0.3, -0.25) is 27.9 Å². The molecule has 2 aliphatic rings. The van der Waals surface area contributed by atoms with E-state index in [0.717, 1.165) is 23.8 Å². The molecular formula is C22H28ClFN3O9P. The van der Waals surface area contributed by atoms with Gasteiger partial charge in [0.2, 0.25) is 0 Å². The Kier molecular flexibility index (Phi) is 8.39. The molecule has 0 aliphatic carbocycles. The lowest BCUT2D eigenvalue weighted by molar-refractivity contribution is -0.183. The number of alkyl halides is 1. The molecule has 1 aromatic carbocycles. The Labute approximate surface area is 216 Å². The van der Waals surface area contributed by atoms with Crippen LogP contribution < -0.4 is 17.0 Å². The minimum atomic E-state index is -4.14. The molecule has 2 fully saturated rings. The molecule has 15 heteroatoms. The van der Waals surface area contributed by atoms with E-state index in [0.29, 0.717) is 17.0 Å². The fourth-order valence-corrected chi connectivity index (χ4v) is 5.71. The van der Waals surface area contributed by atoms with E-state index < -0.39 is 68.2 Å². The maximum atomic E-state index is 16.1. The van der Waals surface area contributed by atoms with Crippen molar-refractivity contribution in [3.05, 3.63) is 68.0 Å². The largest absolute Gasteiger partial charge is 0.475 e. The van der Waals surface area contributed by atoms with Crippen LogP contribution in [0.1, 0.15) is 38.2 Å². The number of phosphoric acid groups is 1. The maximum absolute atomic E-state index is 16.1. The van der Waals surface area contributed by atoms with Gasteiger partial charge in [-0.2, -0.15) is 0 Å². The zero-order chi connectivity index (χ0) is 27.0. The first-order valence-electron chi connectivity index (χ1n) is 11.5. The molecule has 0 amide bonds. The Bertz CT molecular complexity index is 1270. The third-order valence-electron chi connectivity index (χ3n) is 6.02. The molecule has 1 unspecified atom stereocenters. The SMILES string of the molecule is C[C@H](N)C(O)O[C@@H]1[C@@H](CO[P@@]2(=O)OCC[C@@H](c3cccc(Cl)c3)O2)O[C@@H](n2ccc(=O)[nH]c2=O)[C@]1(C)F. The average Bonchev–Trinajstić information content (AvgIpc) is 3.07. The van der Waals surface area contributed by atoms with Gasteiger partial charge in [0.1, 0.15) is 12.2 Å². The van der Waals surface area contributed by atoms with Crippen molar-refractivity contribution in [3.63, 3.8) is 0 Å². The van der Waals surface area contributed by atoms with Crippen LogP contribution in [-0.2, 0) is 27.6 Å². The van der Waals surface area contributed by atoms with Crippen molar-refractivity contribution in [2.24, 2.45) is 5.73 Å². The number of halogens is 2. The lowest BCUT2D eigenvalue weighted by atomic mass is 9.98. The molecule has 2 aromatic rings. The molecule has 2 aliphatic heterocycles. The van der Waals surface area contributed by atoms with Gasteiger partial charge in [0.15, 0.2) is 18.2 Å². The summed E-state index contributed by atoms with van der Waals surface area (Å²) in [6, 6.07) is 6.96. The van der Waals surface area contributed by atoms with Gasteiger partial charge in [-0.1, -0.05) is 23.7 Å². The fraction of sp³-hybridized carbons (Fsp3) is 0.545. The summed E-state index contributed by atoms with van der Waals surface area (Å²) in [6.45, 7) is 2.05. The topological polar surface area (TPSA) is 164 Å². The summed E-state index contributed by atoms with van der Waals surface area (Å²) in [7, 11) is -4.14. The van der Waals surface area contributed by atoms with Gasteiger partial charge >= 0.3 is 13.5 Å². The lowest BCUT2D eigenvalue weighted by Crippen LogP contribution is -2.49. The Hall–Kier alpha value is -1.93. The number of benzene rings is 1. The Morgan fingerprint density at radius 3 is 2.84 bits per heavy atom. The van der Waals surface area contributed by atoms with Crippen LogP contribution in [0.2, 0.25) is 5.02 Å². The number of nitrogens with two attached hydrogens (primary N) is 1. The number of phosphoric ester groups is 1. The monoisotopic (exact) mass is 563 g/mol. The summed E-state index contributed by atoms with van der Waals surface area (Å²) < 4.78 is 57.8. The Morgan fingerprint density at radius 2 is 2.16 bits per heavy atom. The second kappa shape index (κ2) is 11.0. The molecule has 4 rings (SSSR count). The highest BCUT2D eigenvalue weighted by atomic mass is 35.5. The molecule has 0 bridgehead atoms. The van der Waals surface area contributed by atoms with Gasteiger partial charge in [-0.15, -0.1) is 0 Å². The van der Waals surface area contributed by atoms with E-state index in [2.05, 4.69) is 0 Å². The molecule has 0 spiro atoms. The number of nitrogens with zero attached hydrogens (tertiary/aromatic N) is 1. The number of ether oxygens (including phenoxy) is 2. The van der Waals surface area contributed by atoms with Crippen molar-refractivity contribution >= 4 is 19.4 Å². The van der Waals surface area contributed by atoms with Crippen molar-refractivity contribution in [2.75, 3.05) is 13.2 Å². The number of aliphatic hydroxyl groups excluding tert-OH is 1.